The molecule has 0 aliphatic heterocycles. The molecule has 3 N–H and O–H groups in total. The van der Waals surface area contributed by atoms with E-state index < -0.39 is 0 Å². The average Bonchev–Trinajstić information content (AvgIpc) is 2.78. The van der Waals surface area contributed by atoms with Gasteiger partial charge >= 0.3 is 0 Å². The van der Waals surface area contributed by atoms with Gasteiger partial charge in [-0.25, -0.2) is 0 Å². The van der Waals surface area contributed by atoms with E-state index in [4.69, 9.17) is 0 Å². The third kappa shape index (κ3) is 3.47. The van der Waals surface area contributed by atoms with Crippen LogP contribution in [0.1, 0.15) is 44.2 Å². The van der Waals surface area contributed by atoms with E-state index in [-0.39, 0.29) is 6.10 Å². The van der Waals surface area contributed by atoms with Gasteiger partial charge in [-0.05, 0) is 55.8 Å². The van der Waals surface area contributed by atoms with Crippen molar-refractivity contribution in [3.63, 3.8) is 0 Å². The molecule has 100 valence electrons. The summed E-state index contributed by atoms with van der Waals surface area (Å²) in [6, 6.07) is 7.75. The van der Waals surface area contributed by atoms with E-state index in [2.05, 4.69) is 12.2 Å². The van der Waals surface area contributed by atoms with Crippen LogP contribution in [0.5, 0.6) is 5.75 Å². The van der Waals surface area contributed by atoms with Gasteiger partial charge in [0.15, 0.2) is 0 Å². The van der Waals surface area contributed by atoms with Crippen LogP contribution in [0.25, 0.3) is 0 Å². The molecule has 1 aromatic rings. The third-order valence-corrected chi connectivity index (χ3v) is 3.87. The number of aliphatic hydroxyl groups is 1. The highest BCUT2D eigenvalue weighted by Crippen LogP contribution is 2.26. The molecule has 18 heavy (non-hydrogen) atoms. The minimum Gasteiger partial charge on any atom is -0.508 e. The lowest BCUT2D eigenvalue weighted by Gasteiger charge is -2.20. The van der Waals surface area contributed by atoms with Crippen LogP contribution in [0.4, 0.5) is 0 Å². The van der Waals surface area contributed by atoms with E-state index in [0.29, 0.717) is 17.7 Å². The van der Waals surface area contributed by atoms with Crippen molar-refractivity contribution < 1.29 is 10.2 Å². The third-order valence-electron chi connectivity index (χ3n) is 3.87. The fraction of sp³-hybridized carbons (Fsp3) is 0.600. The second-order valence-electron chi connectivity index (χ2n) is 5.29. The first-order valence-electron chi connectivity index (χ1n) is 6.89. The number of hydrogen-bond donors (Lipinski definition) is 3. The normalized spacial score (nSPS) is 25.2. The van der Waals surface area contributed by atoms with E-state index in [0.717, 1.165) is 32.2 Å². The summed E-state index contributed by atoms with van der Waals surface area (Å²) in [7, 11) is 0. The Morgan fingerprint density at radius 3 is 2.56 bits per heavy atom. The van der Waals surface area contributed by atoms with Gasteiger partial charge in [-0.15, -0.1) is 0 Å². The summed E-state index contributed by atoms with van der Waals surface area (Å²) in [5, 5.41) is 22.4. The van der Waals surface area contributed by atoms with Crippen molar-refractivity contribution in [1.82, 2.24) is 5.32 Å². The summed E-state index contributed by atoms with van der Waals surface area (Å²) in [5.74, 6) is 0.915. The summed E-state index contributed by atoms with van der Waals surface area (Å²) in [6.45, 7) is 3.13. The Balaban J connectivity index is 1.87. The maximum absolute atomic E-state index is 9.51. The van der Waals surface area contributed by atoms with Gasteiger partial charge in [0.05, 0.1) is 6.10 Å². The molecule has 3 nitrogen and oxygen atoms in total. The van der Waals surface area contributed by atoms with Gasteiger partial charge < -0.3 is 15.5 Å². The lowest BCUT2D eigenvalue weighted by Crippen LogP contribution is -2.26. The lowest BCUT2D eigenvalue weighted by atomic mass is 10.0. The molecule has 1 fully saturated rings. The summed E-state index contributed by atoms with van der Waals surface area (Å²) >= 11 is 0. The zero-order valence-corrected chi connectivity index (χ0v) is 11.0. The number of aliphatic hydroxyl groups excluding tert-OH is 1. The molecule has 0 aromatic heterocycles. The topological polar surface area (TPSA) is 52.5 Å². The van der Waals surface area contributed by atoms with Crippen molar-refractivity contribution in [3.05, 3.63) is 29.8 Å². The maximum atomic E-state index is 9.51. The standard InChI is InChI=1S/C15H23NO2/c1-2-15(12-4-7-13(17)8-5-12)16-10-11-3-6-14(18)9-11/h4-5,7-8,11,14-18H,2-3,6,9-10H2,1H3. The quantitative estimate of drug-likeness (QED) is 0.752. The number of rotatable bonds is 5. The Labute approximate surface area is 109 Å². The Kier molecular flexibility index (Phi) is 4.61. The van der Waals surface area contributed by atoms with Gasteiger partial charge in [0, 0.05) is 6.04 Å². The molecule has 3 heteroatoms. The Bertz CT molecular complexity index is 363. The molecule has 1 aliphatic carbocycles. The summed E-state index contributed by atoms with van der Waals surface area (Å²) in [4.78, 5) is 0. The highest BCUT2D eigenvalue weighted by Gasteiger charge is 2.23. The molecule has 0 bridgehead atoms. The minimum absolute atomic E-state index is 0.0921. The largest absolute Gasteiger partial charge is 0.508 e. The summed E-state index contributed by atoms with van der Waals surface area (Å²) in [6.07, 6.45) is 3.94. The smallest absolute Gasteiger partial charge is 0.115 e. The molecule has 1 aromatic carbocycles. The van der Waals surface area contributed by atoms with E-state index in [1.54, 1.807) is 12.1 Å². The number of phenolic OH excluding ortho intramolecular Hbond substituents is 1. The number of hydrogen-bond acceptors (Lipinski definition) is 3. The fourth-order valence-corrected chi connectivity index (χ4v) is 2.75. The molecule has 0 heterocycles. The summed E-state index contributed by atoms with van der Waals surface area (Å²) < 4.78 is 0. The van der Waals surface area contributed by atoms with Gasteiger partial charge in [0.25, 0.3) is 0 Å². The van der Waals surface area contributed by atoms with Gasteiger partial charge in [0.1, 0.15) is 5.75 Å². The molecule has 1 saturated carbocycles. The monoisotopic (exact) mass is 249 g/mol. The average molecular weight is 249 g/mol. The van der Waals surface area contributed by atoms with Crippen molar-refractivity contribution in [1.29, 1.82) is 0 Å². The van der Waals surface area contributed by atoms with Crippen LogP contribution in [-0.2, 0) is 0 Å². The fourth-order valence-electron chi connectivity index (χ4n) is 2.75. The van der Waals surface area contributed by atoms with Gasteiger partial charge in [-0.1, -0.05) is 19.1 Å². The van der Waals surface area contributed by atoms with Crippen LogP contribution in [0, 0.1) is 5.92 Å². The molecule has 2 rings (SSSR count). The predicted molar refractivity (Wildman–Crippen MR) is 72.5 cm³/mol. The highest BCUT2D eigenvalue weighted by molar-refractivity contribution is 5.27. The van der Waals surface area contributed by atoms with Crippen molar-refractivity contribution in [2.75, 3.05) is 6.54 Å². The lowest BCUT2D eigenvalue weighted by molar-refractivity contribution is 0.177. The Hall–Kier alpha value is -1.06. The van der Waals surface area contributed by atoms with E-state index in [1.807, 2.05) is 12.1 Å². The first-order valence-corrected chi connectivity index (χ1v) is 6.89. The number of phenols is 1. The second kappa shape index (κ2) is 6.21. The zero-order valence-electron chi connectivity index (χ0n) is 11.0. The van der Waals surface area contributed by atoms with Gasteiger partial charge in [-0.3, -0.25) is 0 Å². The van der Waals surface area contributed by atoms with Gasteiger partial charge in [-0.2, -0.15) is 0 Å². The van der Waals surface area contributed by atoms with E-state index in [1.165, 1.54) is 5.56 Å². The predicted octanol–water partition coefficient (Wildman–Crippen LogP) is 2.59. The van der Waals surface area contributed by atoms with Crippen LogP contribution in [-0.4, -0.2) is 22.9 Å². The molecule has 0 spiro atoms. The molecule has 3 unspecified atom stereocenters. The molecule has 0 radical (unpaired) electrons. The van der Waals surface area contributed by atoms with Crippen molar-refractivity contribution >= 4 is 0 Å². The van der Waals surface area contributed by atoms with Crippen LogP contribution in [0.3, 0.4) is 0 Å². The van der Waals surface area contributed by atoms with Crippen molar-refractivity contribution in [3.8, 4) is 5.75 Å². The number of nitrogens with one attached hydrogen (secondary N) is 1. The number of aromatic hydroxyl groups is 1. The second-order valence-corrected chi connectivity index (χ2v) is 5.29. The molecule has 3 atom stereocenters. The first kappa shape index (κ1) is 13.4. The molecular formula is C15H23NO2. The maximum Gasteiger partial charge on any atom is 0.115 e. The van der Waals surface area contributed by atoms with Gasteiger partial charge in [0.2, 0.25) is 0 Å². The van der Waals surface area contributed by atoms with Crippen LogP contribution >= 0.6 is 0 Å². The highest BCUT2D eigenvalue weighted by atomic mass is 16.3. The number of benzene rings is 1. The summed E-state index contributed by atoms with van der Waals surface area (Å²) in [5.41, 5.74) is 1.22. The molecule has 0 amide bonds. The minimum atomic E-state index is -0.0921. The Morgan fingerprint density at radius 2 is 2.00 bits per heavy atom. The molecular weight excluding hydrogens is 226 g/mol. The first-order chi connectivity index (χ1) is 8.69. The van der Waals surface area contributed by atoms with Crippen molar-refractivity contribution in [2.45, 2.75) is 44.8 Å². The zero-order chi connectivity index (χ0) is 13.0. The van der Waals surface area contributed by atoms with E-state index >= 15 is 0 Å². The molecule has 1 aliphatic rings. The van der Waals surface area contributed by atoms with E-state index in [9.17, 15) is 10.2 Å². The SMILES string of the molecule is CCC(NCC1CCC(O)C1)c1ccc(O)cc1. The van der Waals surface area contributed by atoms with Crippen LogP contribution in [0.2, 0.25) is 0 Å². The molecule has 0 saturated heterocycles. The Morgan fingerprint density at radius 1 is 1.28 bits per heavy atom. The van der Waals surface area contributed by atoms with Crippen molar-refractivity contribution in [2.24, 2.45) is 5.92 Å². The van der Waals surface area contributed by atoms with Crippen LogP contribution in [0.15, 0.2) is 24.3 Å². The van der Waals surface area contributed by atoms with Crippen LogP contribution < -0.4 is 5.32 Å².